The molecule has 1 aliphatic carbocycles. The second-order valence-corrected chi connectivity index (χ2v) is 6.00. The van der Waals surface area contributed by atoms with Crippen LogP contribution in [0.1, 0.15) is 37.7 Å². The lowest BCUT2D eigenvalue weighted by Crippen LogP contribution is -2.44. The van der Waals surface area contributed by atoms with Crippen molar-refractivity contribution < 1.29 is 14.9 Å². The molecule has 1 fully saturated rings. The minimum absolute atomic E-state index is 0.0983. The molecule has 0 amide bonds. The molecule has 0 heterocycles. The first-order chi connectivity index (χ1) is 10.1. The summed E-state index contributed by atoms with van der Waals surface area (Å²) in [5, 5.41) is 23.3. The standard InChI is InChI=1S/C17H27NO3/c1-13-6-5-7-15(10-13)21-12-14(19)11-18-16-8-3-2-4-9-17(16)20/h5-7,10,14,16-20H,2-4,8-9,11-12H2,1H3. The van der Waals surface area contributed by atoms with Gasteiger partial charge >= 0.3 is 0 Å². The largest absolute Gasteiger partial charge is 0.491 e. The van der Waals surface area contributed by atoms with E-state index in [0.29, 0.717) is 6.54 Å². The Morgan fingerprint density at radius 3 is 2.90 bits per heavy atom. The molecule has 2 rings (SSSR count). The summed E-state index contributed by atoms with van der Waals surface area (Å²) < 4.78 is 5.59. The molecule has 0 bridgehead atoms. The van der Waals surface area contributed by atoms with E-state index >= 15 is 0 Å². The maximum atomic E-state index is 10.0. The van der Waals surface area contributed by atoms with Crippen LogP contribution in [0.3, 0.4) is 0 Å². The zero-order chi connectivity index (χ0) is 15.1. The zero-order valence-corrected chi connectivity index (χ0v) is 12.8. The van der Waals surface area contributed by atoms with E-state index in [-0.39, 0.29) is 18.8 Å². The van der Waals surface area contributed by atoms with Crippen molar-refractivity contribution in [3.63, 3.8) is 0 Å². The lowest BCUT2D eigenvalue weighted by molar-refractivity contribution is 0.0820. The number of aliphatic hydroxyl groups is 2. The van der Waals surface area contributed by atoms with E-state index < -0.39 is 6.10 Å². The smallest absolute Gasteiger partial charge is 0.119 e. The van der Waals surface area contributed by atoms with Crippen LogP contribution in [0.25, 0.3) is 0 Å². The van der Waals surface area contributed by atoms with Crippen molar-refractivity contribution >= 4 is 0 Å². The van der Waals surface area contributed by atoms with E-state index in [1.165, 1.54) is 6.42 Å². The molecule has 3 unspecified atom stereocenters. The van der Waals surface area contributed by atoms with Gasteiger partial charge in [0.15, 0.2) is 0 Å². The normalized spacial score (nSPS) is 24.3. The van der Waals surface area contributed by atoms with Crippen LogP contribution < -0.4 is 10.1 Å². The van der Waals surface area contributed by atoms with E-state index in [9.17, 15) is 10.2 Å². The van der Waals surface area contributed by atoms with Crippen molar-refractivity contribution in [2.45, 2.75) is 57.3 Å². The van der Waals surface area contributed by atoms with Gasteiger partial charge in [-0.15, -0.1) is 0 Å². The van der Waals surface area contributed by atoms with Crippen molar-refractivity contribution in [2.75, 3.05) is 13.2 Å². The van der Waals surface area contributed by atoms with E-state index in [1.54, 1.807) is 0 Å². The molecule has 1 aromatic rings. The van der Waals surface area contributed by atoms with Crippen molar-refractivity contribution in [3.8, 4) is 5.75 Å². The van der Waals surface area contributed by atoms with Crippen LogP contribution in [0.5, 0.6) is 5.75 Å². The number of rotatable bonds is 6. The van der Waals surface area contributed by atoms with Crippen LogP contribution in [0.4, 0.5) is 0 Å². The minimum Gasteiger partial charge on any atom is -0.491 e. The van der Waals surface area contributed by atoms with Gasteiger partial charge in [-0.25, -0.2) is 0 Å². The fraction of sp³-hybridized carbons (Fsp3) is 0.647. The molecule has 21 heavy (non-hydrogen) atoms. The second-order valence-electron chi connectivity index (χ2n) is 6.00. The average molecular weight is 293 g/mol. The highest BCUT2D eigenvalue weighted by molar-refractivity contribution is 5.27. The highest BCUT2D eigenvalue weighted by Gasteiger charge is 2.21. The van der Waals surface area contributed by atoms with Crippen molar-refractivity contribution in [2.24, 2.45) is 0 Å². The maximum absolute atomic E-state index is 10.0. The number of hydrogen-bond donors (Lipinski definition) is 3. The molecular formula is C17H27NO3. The number of aliphatic hydroxyl groups excluding tert-OH is 2. The molecule has 1 aromatic carbocycles. The third kappa shape index (κ3) is 5.65. The Kier molecular flexibility index (Phi) is 6.49. The number of benzene rings is 1. The average Bonchev–Trinajstić information content (AvgIpc) is 2.67. The SMILES string of the molecule is Cc1cccc(OCC(O)CNC2CCCCCC2O)c1. The lowest BCUT2D eigenvalue weighted by Gasteiger charge is -2.23. The van der Waals surface area contributed by atoms with Gasteiger partial charge in [0, 0.05) is 12.6 Å². The van der Waals surface area contributed by atoms with Gasteiger partial charge in [-0.3, -0.25) is 0 Å². The summed E-state index contributed by atoms with van der Waals surface area (Å²) in [5.41, 5.74) is 1.14. The number of ether oxygens (including phenoxy) is 1. The summed E-state index contributed by atoms with van der Waals surface area (Å²) in [4.78, 5) is 0. The van der Waals surface area contributed by atoms with Gasteiger partial charge in [0.25, 0.3) is 0 Å². The first kappa shape index (κ1) is 16.3. The third-order valence-corrected chi connectivity index (χ3v) is 4.03. The summed E-state index contributed by atoms with van der Waals surface area (Å²) in [6.07, 6.45) is 4.40. The Morgan fingerprint density at radius 2 is 2.10 bits per heavy atom. The second kappa shape index (κ2) is 8.37. The summed E-state index contributed by atoms with van der Waals surface area (Å²) in [6.45, 7) is 2.73. The van der Waals surface area contributed by atoms with E-state index in [0.717, 1.165) is 37.0 Å². The molecule has 0 saturated heterocycles. The quantitative estimate of drug-likeness (QED) is 0.702. The molecule has 0 spiro atoms. The molecule has 0 aromatic heterocycles. The van der Waals surface area contributed by atoms with E-state index in [2.05, 4.69) is 5.32 Å². The van der Waals surface area contributed by atoms with E-state index in [4.69, 9.17) is 4.74 Å². The van der Waals surface area contributed by atoms with Crippen LogP contribution in [-0.4, -0.2) is 41.6 Å². The highest BCUT2D eigenvalue weighted by atomic mass is 16.5. The summed E-state index contributed by atoms with van der Waals surface area (Å²) in [7, 11) is 0. The highest BCUT2D eigenvalue weighted by Crippen LogP contribution is 2.18. The first-order valence-corrected chi connectivity index (χ1v) is 7.94. The van der Waals surface area contributed by atoms with Crippen LogP contribution in [-0.2, 0) is 0 Å². The van der Waals surface area contributed by atoms with Crippen LogP contribution in [0.15, 0.2) is 24.3 Å². The van der Waals surface area contributed by atoms with Gasteiger partial charge in [0.1, 0.15) is 18.5 Å². The molecule has 1 aliphatic rings. The molecule has 4 heteroatoms. The predicted octanol–water partition coefficient (Wildman–Crippen LogP) is 2.02. The lowest BCUT2D eigenvalue weighted by atomic mass is 10.1. The molecular weight excluding hydrogens is 266 g/mol. The van der Waals surface area contributed by atoms with Crippen LogP contribution in [0.2, 0.25) is 0 Å². The van der Waals surface area contributed by atoms with Crippen molar-refractivity contribution in [3.05, 3.63) is 29.8 Å². The minimum atomic E-state index is -0.569. The molecule has 118 valence electrons. The fourth-order valence-electron chi connectivity index (χ4n) is 2.77. The first-order valence-electron chi connectivity index (χ1n) is 7.94. The van der Waals surface area contributed by atoms with Crippen molar-refractivity contribution in [1.29, 1.82) is 0 Å². The van der Waals surface area contributed by atoms with Gasteiger partial charge in [-0.05, 0) is 37.5 Å². The Bertz CT molecular complexity index is 424. The molecule has 1 saturated carbocycles. The molecule has 3 N–H and O–H groups in total. The topological polar surface area (TPSA) is 61.7 Å². The monoisotopic (exact) mass is 293 g/mol. The fourth-order valence-corrected chi connectivity index (χ4v) is 2.77. The summed E-state index contributed by atoms with van der Waals surface area (Å²) >= 11 is 0. The molecule has 0 radical (unpaired) electrons. The van der Waals surface area contributed by atoms with Gasteiger partial charge in [0.2, 0.25) is 0 Å². The van der Waals surface area contributed by atoms with E-state index in [1.807, 2.05) is 31.2 Å². The maximum Gasteiger partial charge on any atom is 0.119 e. The summed E-state index contributed by atoms with van der Waals surface area (Å²) in [6, 6.07) is 7.90. The predicted molar refractivity (Wildman–Crippen MR) is 83.6 cm³/mol. The van der Waals surface area contributed by atoms with Gasteiger partial charge in [-0.1, -0.05) is 31.4 Å². The molecule has 3 atom stereocenters. The van der Waals surface area contributed by atoms with Crippen LogP contribution >= 0.6 is 0 Å². The Hall–Kier alpha value is -1.10. The van der Waals surface area contributed by atoms with Gasteiger partial charge < -0.3 is 20.3 Å². The number of hydrogen-bond acceptors (Lipinski definition) is 4. The third-order valence-electron chi connectivity index (χ3n) is 4.03. The molecule has 0 aliphatic heterocycles. The Morgan fingerprint density at radius 1 is 1.29 bits per heavy atom. The number of aryl methyl sites for hydroxylation is 1. The zero-order valence-electron chi connectivity index (χ0n) is 12.8. The van der Waals surface area contributed by atoms with Crippen LogP contribution in [0, 0.1) is 6.92 Å². The Balaban J connectivity index is 1.70. The molecule has 4 nitrogen and oxygen atoms in total. The number of nitrogens with one attached hydrogen (secondary N) is 1. The van der Waals surface area contributed by atoms with Gasteiger partial charge in [-0.2, -0.15) is 0 Å². The summed E-state index contributed by atoms with van der Waals surface area (Å²) in [5.74, 6) is 0.781. The van der Waals surface area contributed by atoms with Gasteiger partial charge in [0.05, 0.1) is 6.10 Å². The van der Waals surface area contributed by atoms with Crippen molar-refractivity contribution in [1.82, 2.24) is 5.32 Å². The Labute approximate surface area is 127 Å².